The number of aryl methyl sites for hydroxylation is 2. The molecular weight excluding hydrogens is 481 g/mol. The van der Waals surface area contributed by atoms with Crippen LogP contribution in [0.2, 0.25) is 0 Å². The van der Waals surface area contributed by atoms with Crippen LogP contribution in [0.25, 0.3) is 0 Å². The third-order valence-corrected chi connectivity index (χ3v) is 5.43. The van der Waals surface area contributed by atoms with Crippen LogP contribution in [0.3, 0.4) is 0 Å². The van der Waals surface area contributed by atoms with Crippen LogP contribution in [0.4, 0.5) is 4.79 Å². The van der Waals surface area contributed by atoms with Gasteiger partial charge in [0.15, 0.2) is 0 Å². The standard InChI is InChI=1S/C22H36NO9P.CH4O/c1-5-11-29-16-20(24)32-21-17(2)13-19(14-18(21)3)15-30-22(25)23-10-8-6-7-9-12-31-33(26,27)28-4;1-2/h13-14H,5-12,15-16H2,1-4H3,(H,23,25)(H,26,27);2H,1H3/p-1. The number of esters is 1. The van der Waals surface area contributed by atoms with Crippen molar-refractivity contribution in [3.8, 4) is 5.75 Å². The van der Waals surface area contributed by atoms with E-state index in [0.717, 1.165) is 56.6 Å². The molecular formula is C23H39NO10P-. The van der Waals surface area contributed by atoms with Crippen LogP contribution in [0, 0.1) is 13.8 Å². The first kappa shape index (κ1) is 33.0. The van der Waals surface area contributed by atoms with E-state index in [2.05, 4.69) is 14.4 Å². The van der Waals surface area contributed by atoms with Crippen molar-refractivity contribution in [3.05, 3.63) is 28.8 Å². The number of benzene rings is 1. The van der Waals surface area contributed by atoms with E-state index in [1.165, 1.54) is 0 Å². The van der Waals surface area contributed by atoms with Gasteiger partial charge in [-0.3, -0.25) is 4.57 Å². The smallest absolute Gasteiger partial charge is 0.407 e. The Kier molecular flexibility index (Phi) is 18.1. The summed E-state index contributed by atoms with van der Waals surface area (Å²) in [6.07, 6.45) is 3.18. The van der Waals surface area contributed by atoms with E-state index in [-0.39, 0.29) is 19.8 Å². The lowest BCUT2D eigenvalue weighted by Crippen LogP contribution is -2.25. The lowest BCUT2D eigenvalue weighted by Gasteiger charge is -2.19. The number of phosphoric ester groups is 1. The first-order chi connectivity index (χ1) is 16.7. The largest absolute Gasteiger partial charge is 0.756 e. The zero-order valence-corrected chi connectivity index (χ0v) is 22.2. The van der Waals surface area contributed by atoms with Crippen molar-refractivity contribution in [2.45, 2.75) is 59.5 Å². The summed E-state index contributed by atoms with van der Waals surface area (Å²) in [6.45, 7) is 6.63. The van der Waals surface area contributed by atoms with Crippen LogP contribution >= 0.6 is 7.82 Å². The summed E-state index contributed by atoms with van der Waals surface area (Å²) in [5.41, 5.74) is 2.32. The third kappa shape index (κ3) is 15.6. The quantitative estimate of drug-likeness (QED) is 0.144. The van der Waals surface area contributed by atoms with Crippen LogP contribution in [-0.2, 0) is 34.5 Å². The Hall–Kier alpha value is -2.01. The monoisotopic (exact) mass is 520 g/mol. The molecule has 1 rings (SSSR count). The summed E-state index contributed by atoms with van der Waals surface area (Å²) in [5, 5.41) is 9.68. The highest BCUT2D eigenvalue weighted by Gasteiger charge is 2.13. The molecule has 12 heteroatoms. The second kappa shape index (κ2) is 19.2. The number of hydrogen-bond acceptors (Lipinski definition) is 10. The normalized spacial score (nSPS) is 12.2. The zero-order valence-electron chi connectivity index (χ0n) is 21.3. The van der Waals surface area contributed by atoms with Crippen LogP contribution in [0.1, 0.15) is 55.7 Å². The molecule has 35 heavy (non-hydrogen) atoms. The topological polar surface area (TPSA) is 153 Å². The lowest BCUT2D eigenvalue weighted by molar-refractivity contribution is -0.223. The highest BCUT2D eigenvalue weighted by atomic mass is 31.2. The molecule has 2 N–H and O–H groups in total. The van der Waals surface area contributed by atoms with Crippen molar-refractivity contribution in [3.63, 3.8) is 0 Å². The molecule has 202 valence electrons. The average Bonchev–Trinajstić information content (AvgIpc) is 2.83. The molecule has 1 unspecified atom stereocenters. The van der Waals surface area contributed by atoms with E-state index in [0.29, 0.717) is 25.3 Å². The minimum atomic E-state index is -4.15. The maximum absolute atomic E-state index is 11.9. The number of phosphoric acid groups is 1. The molecule has 11 nitrogen and oxygen atoms in total. The molecule has 0 aromatic heterocycles. The van der Waals surface area contributed by atoms with Gasteiger partial charge in [-0.15, -0.1) is 0 Å². The fourth-order valence-corrected chi connectivity index (χ4v) is 3.39. The number of aliphatic hydroxyl groups excluding tert-OH is 1. The predicted molar refractivity (Wildman–Crippen MR) is 128 cm³/mol. The number of alkyl carbamates (subject to hydrolysis) is 1. The van der Waals surface area contributed by atoms with Crippen LogP contribution < -0.4 is 14.9 Å². The number of carbonyl (C=O) groups is 2. The number of unbranched alkanes of at least 4 members (excludes halogenated alkanes) is 3. The van der Waals surface area contributed by atoms with Gasteiger partial charge >= 0.3 is 12.1 Å². The molecule has 0 spiro atoms. The van der Waals surface area contributed by atoms with E-state index < -0.39 is 19.9 Å². The number of ether oxygens (including phenoxy) is 3. The summed E-state index contributed by atoms with van der Waals surface area (Å²) in [5.74, 6) is 0.0323. The number of carbonyl (C=O) groups excluding carboxylic acids is 2. The molecule has 1 aromatic rings. The molecule has 0 fully saturated rings. The Bertz CT molecular complexity index is 780. The van der Waals surface area contributed by atoms with Crippen molar-refractivity contribution in [1.82, 2.24) is 5.32 Å². The van der Waals surface area contributed by atoms with Gasteiger partial charge in [-0.2, -0.15) is 0 Å². The molecule has 1 aromatic carbocycles. The molecule has 0 aliphatic rings. The lowest BCUT2D eigenvalue weighted by atomic mass is 10.1. The van der Waals surface area contributed by atoms with Crippen molar-refractivity contribution in [2.75, 3.05) is 40.6 Å². The van der Waals surface area contributed by atoms with E-state index in [1.54, 1.807) is 0 Å². The van der Waals surface area contributed by atoms with Gasteiger partial charge in [-0.05, 0) is 61.9 Å². The second-order valence-corrected chi connectivity index (χ2v) is 8.98. The molecule has 0 saturated carbocycles. The van der Waals surface area contributed by atoms with Crippen LogP contribution in [-0.4, -0.2) is 57.8 Å². The molecule has 1 amide bonds. The van der Waals surface area contributed by atoms with Gasteiger partial charge in [0, 0.05) is 27.4 Å². The molecule has 1 atom stereocenters. The van der Waals surface area contributed by atoms with Gasteiger partial charge in [0.25, 0.3) is 7.82 Å². The Labute approximate surface area is 207 Å². The number of nitrogens with one attached hydrogen (secondary N) is 1. The van der Waals surface area contributed by atoms with Gasteiger partial charge in [-0.25, -0.2) is 9.59 Å². The van der Waals surface area contributed by atoms with Gasteiger partial charge in [0.05, 0.1) is 6.61 Å². The van der Waals surface area contributed by atoms with Crippen molar-refractivity contribution in [2.24, 2.45) is 0 Å². The fourth-order valence-electron chi connectivity index (χ4n) is 2.93. The molecule has 0 bridgehead atoms. The first-order valence-corrected chi connectivity index (χ1v) is 12.9. The Morgan fingerprint density at radius 2 is 1.69 bits per heavy atom. The number of hydrogen-bond donors (Lipinski definition) is 2. The summed E-state index contributed by atoms with van der Waals surface area (Å²) in [4.78, 5) is 34.8. The molecule has 0 saturated heterocycles. The predicted octanol–water partition coefficient (Wildman–Crippen LogP) is 3.16. The molecule has 0 aliphatic carbocycles. The van der Waals surface area contributed by atoms with E-state index in [4.69, 9.17) is 19.3 Å². The number of amides is 1. The maximum atomic E-state index is 11.9. The fraction of sp³-hybridized carbons (Fsp3) is 0.652. The number of aliphatic hydroxyl groups is 1. The SMILES string of the molecule is CCCOCC(=O)Oc1c(C)cc(COC(=O)NCCCCCCOP(=O)([O-])OC)cc1C.CO. The van der Waals surface area contributed by atoms with Gasteiger partial charge in [0.2, 0.25) is 0 Å². The number of rotatable bonds is 16. The Morgan fingerprint density at radius 3 is 2.29 bits per heavy atom. The van der Waals surface area contributed by atoms with Crippen molar-refractivity contribution >= 4 is 19.9 Å². The minimum absolute atomic E-state index is 0.0769. The van der Waals surface area contributed by atoms with Crippen LogP contribution in [0.15, 0.2) is 12.1 Å². The highest BCUT2D eigenvalue weighted by molar-refractivity contribution is 7.45. The third-order valence-electron chi connectivity index (χ3n) is 4.49. The summed E-state index contributed by atoms with van der Waals surface area (Å²) in [6, 6.07) is 3.62. The minimum Gasteiger partial charge on any atom is -0.756 e. The van der Waals surface area contributed by atoms with Gasteiger partial charge in [0.1, 0.15) is 19.0 Å². The average molecular weight is 521 g/mol. The molecule has 0 radical (unpaired) electrons. The van der Waals surface area contributed by atoms with Crippen LogP contribution in [0.5, 0.6) is 5.75 Å². The summed E-state index contributed by atoms with van der Waals surface area (Å²) in [7, 11) is -2.10. The summed E-state index contributed by atoms with van der Waals surface area (Å²) < 4.78 is 35.7. The summed E-state index contributed by atoms with van der Waals surface area (Å²) >= 11 is 0. The van der Waals surface area contributed by atoms with E-state index in [9.17, 15) is 19.0 Å². The zero-order chi connectivity index (χ0) is 26.7. The second-order valence-electron chi connectivity index (χ2n) is 7.47. The van der Waals surface area contributed by atoms with E-state index in [1.807, 2.05) is 32.9 Å². The Morgan fingerprint density at radius 1 is 1.06 bits per heavy atom. The van der Waals surface area contributed by atoms with E-state index >= 15 is 0 Å². The first-order valence-electron chi connectivity index (χ1n) is 11.4. The molecule has 0 aliphatic heterocycles. The Balaban J connectivity index is 0.00000562. The van der Waals surface area contributed by atoms with Crippen molar-refractivity contribution in [1.29, 1.82) is 0 Å². The maximum Gasteiger partial charge on any atom is 0.407 e. The van der Waals surface area contributed by atoms with Gasteiger partial charge < -0.3 is 38.6 Å². The molecule has 0 heterocycles. The highest BCUT2D eigenvalue weighted by Crippen LogP contribution is 2.36. The van der Waals surface area contributed by atoms with Gasteiger partial charge in [-0.1, -0.05) is 19.8 Å². The van der Waals surface area contributed by atoms with Crippen molar-refractivity contribution < 1.29 is 47.4 Å².